The Bertz CT molecular complexity index is 689. The van der Waals surface area contributed by atoms with Gasteiger partial charge < -0.3 is 21.1 Å². The second-order valence-electron chi connectivity index (χ2n) is 6.64. The first-order valence-electron chi connectivity index (χ1n) is 8.91. The van der Waals surface area contributed by atoms with Crippen LogP contribution in [0.15, 0.2) is 24.3 Å². The molecule has 148 valence electrons. The number of benzene rings is 1. The van der Waals surface area contributed by atoms with E-state index in [1.165, 1.54) is 0 Å². The Balaban J connectivity index is 0.00000261. The van der Waals surface area contributed by atoms with Gasteiger partial charge in [0.2, 0.25) is 5.91 Å². The van der Waals surface area contributed by atoms with Gasteiger partial charge in [0, 0.05) is 25.2 Å². The van der Waals surface area contributed by atoms with Gasteiger partial charge in [-0.25, -0.2) is 4.79 Å². The summed E-state index contributed by atoms with van der Waals surface area (Å²) in [6.07, 6.45) is 3.29. The highest BCUT2D eigenvalue weighted by Crippen LogP contribution is 2.35. The molecule has 9 heteroatoms. The molecule has 2 aliphatic rings. The van der Waals surface area contributed by atoms with Crippen molar-refractivity contribution in [2.24, 2.45) is 5.73 Å². The topological polar surface area (TPSA) is 114 Å². The minimum atomic E-state index is -0.729. The van der Waals surface area contributed by atoms with Crippen LogP contribution in [-0.4, -0.2) is 48.0 Å². The van der Waals surface area contributed by atoms with Gasteiger partial charge in [0.1, 0.15) is 17.9 Å². The number of rotatable bonds is 7. The molecule has 1 aliphatic heterocycles. The average molecular weight is 397 g/mol. The average Bonchev–Trinajstić information content (AvgIpc) is 3.19. The third-order valence-electron chi connectivity index (χ3n) is 4.79. The number of urea groups is 1. The molecule has 4 N–H and O–H groups in total. The predicted molar refractivity (Wildman–Crippen MR) is 103 cm³/mol. The smallest absolute Gasteiger partial charge is 0.325 e. The fourth-order valence-corrected chi connectivity index (χ4v) is 3.44. The van der Waals surface area contributed by atoms with Crippen molar-refractivity contribution in [3.8, 4) is 5.75 Å². The van der Waals surface area contributed by atoms with Gasteiger partial charge in [-0.1, -0.05) is 12.8 Å². The van der Waals surface area contributed by atoms with Crippen molar-refractivity contribution in [3.05, 3.63) is 24.3 Å². The van der Waals surface area contributed by atoms with E-state index in [-0.39, 0.29) is 37.2 Å². The van der Waals surface area contributed by atoms with E-state index in [0.717, 1.165) is 17.7 Å². The van der Waals surface area contributed by atoms with Crippen LogP contribution < -0.4 is 21.1 Å². The molecule has 0 unspecified atom stereocenters. The Morgan fingerprint density at radius 1 is 1.22 bits per heavy atom. The van der Waals surface area contributed by atoms with Crippen molar-refractivity contribution >= 4 is 35.9 Å². The number of anilines is 1. The molecule has 8 nitrogen and oxygen atoms in total. The first kappa shape index (κ1) is 21.0. The first-order valence-corrected chi connectivity index (χ1v) is 8.91. The van der Waals surface area contributed by atoms with Crippen LogP contribution in [0.2, 0.25) is 0 Å². The Morgan fingerprint density at radius 3 is 2.52 bits per heavy atom. The van der Waals surface area contributed by atoms with Crippen LogP contribution >= 0.6 is 12.4 Å². The van der Waals surface area contributed by atoms with Crippen LogP contribution in [0.3, 0.4) is 0 Å². The molecule has 3 rings (SSSR count). The van der Waals surface area contributed by atoms with Crippen LogP contribution in [-0.2, 0) is 9.59 Å². The molecule has 0 aromatic heterocycles. The minimum absolute atomic E-state index is 0. The molecule has 4 amide bonds. The molecule has 1 aliphatic carbocycles. The van der Waals surface area contributed by atoms with Gasteiger partial charge in [0.05, 0.1) is 0 Å². The Kier molecular flexibility index (Phi) is 7.04. The van der Waals surface area contributed by atoms with E-state index in [0.29, 0.717) is 37.4 Å². The van der Waals surface area contributed by atoms with E-state index in [2.05, 4.69) is 10.6 Å². The number of imide groups is 1. The third kappa shape index (κ3) is 4.70. The molecular formula is C18H25ClN4O4. The first-order chi connectivity index (χ1) is 12.5. The number of ether oxygens (including phenoxy) is 1. The number of carbonyl (C=O) groups is 3. The zero-order valence-corrected chi connectivity index (χ0v) is 15.8. The number of nitrogens with one attached hydrogen (secondary N) is 2. The van der Waals surface area contributed by atoms with E-state index in [9.17, 15) is 14.4 Å². The number of halogens is 1. The molecule has 27 heavy (non-hydrogen) atoms. The molecule has 0 bridgehead atoms. The van der Waals surface area contributed by atoms with Crippen molar-refractivity contribution in [3.63, 3.8) is 0 Å². The molecular weight excluding hydrogens is 372 g/mol. The van der Waals surface area contributed by atoms with E-state index in [1.807, 2.05) is 0 Å². The lowest BCUT2D eigenvalue weighted by Crippen LogP contribution is -2.44. The molecule has 0 radical (unpaired) electrons. The van der Waals surface area contributed by atoms with Gasteiger partial charge in [0.25, 0.3) is 5.91 Å². The summed E-state index contributed by atoms with van der Waals surface area (Å²) in [6, 6.07) is 6.54. The predicted octanol–water partition coefficient (Wildman–Crippen LogP) is 1.64. The Labute approximate surface area is 164 Å². The summed E-state index contributed by atoms with van der Waals surface area (Å²) in [7, 11) is 0. The number of carbonyl (C=O) groups excluding carboxylic acids is 3. The number of amides is 4. The van der Waals surface area contributed by atoms with E-state index in [1.54, 1.807) is 24.3 Å². The molecule has 1 saturated carbocycles. The number of nitrogens with zero attached hydrogens (tertiary/aromatic N) is 1. The summed E-state index contributed by atoms with van der Waals surface area (Å²) in [6.45, 7) is 0.942. The molecule has 0 atom stereocenters. The van der Waals surface area contributed by atoms with Crippen LogP contribution in [0.1, 0.15) is 32.1 Å². The van der Waals surface area contributed by atoms with E-state index in [4.69, 9.17) is 10.5 Å². The van der Waals surface area contributed by atoms with Gasteiger partial charge >= 0.3 is 6.03 Å². The van der Waals surface area contributed by atoms with Crippen molar-refractivity contribution < 1.29 is 19.1 Å². The highest BCUT2D eigenvalue weighted by molar-refractivity contribution is 6.07. The lowest BCUT2D eigenvalue weighted by molar-refractivity contribution is -0.131. The summed E-state index contributed by atoms with van der Waals surface area (Å²) in [4.78, 5) is 37.9. The monoisotopic (exact) mass is 396 g/mol. The van der Waals surface area contributed by atoms with Crippen molar-refractivity contribution in [1.82, 2.24) is 10.2 Å². The summed E-state index contributed by atoms with van der Waals surface area (Å²) in [5, 5.41) is 5.56. The maximum atomic E-state index is 12.5. The fourth-order valence-electron chi connectivity index (χ4n) is 3.44. The largest absolute Gasteiger partial charge is 0.492 e. The third-order valence-corrected chi connectivity index (χ3v) is 4.79. The number of hydrogen-bond donors (Lipinski definition) is 3. The molecule has 1 spiro atoms. The van der Waals surface area contributed by atoms with E-state index < -0.39 is 11.6 Å². The standard InChI is InChI=1S/C18H24N4O4.ClH/c19-10-12-26-14-5-3-13(4-6-14)20-15(23)7-11-22-16(24)18(21-17(22)25)8-1-2-9-18;/h3-6H,1-2,7-12,19H2,(H,20,23)(H,21,25);1H. The van der Waals surface area contributed by atoms with Gasteiger partial charge in [-0.05, 0) is 37.1 Å². The van der Waals surface area contributed by atoms with E-state index >= 15 is 0 Å². The second-order valence-corrected chi connectivity index (χ2v) is 6.64. The van der Waals surface area contributed by atoms with Gasteiger partial charge in [-0.3, -0.25) is 14.5 Å². The summed E-state index contributed by atoms with van der Waals surface area (Å²) in [5.74, 6) is 0.220. The zero-order chi connectivity index (χ0) is 18.6. The van der Waals surface area contributed by atoms with Crippen molar-refractivity contribution in [2.45, 2.75) is 37.6 Å². The highest BCUT2D eigenvalue weighted by atomic mass is 35.5. The lowest BCUT2D eigenvalue weighted by atomic mass is 9.98. The highest BCUT2D eigenvalue weighted by Gasteiger charge is 2.52. The molecule has 1 saturated heterocycles. The maximum absolute atomic E-state index is 12.5. The van der Waals surface area contributed by atoms with Crippen molar-refractivity contribution in [2.75, 3.05) is 25.0 Å². The Hall–Kier alpha value is -2.32. The van der Waals surface area contributed by atoms with Crippen LogP contribution in [0.25, 0.3) is 0 Å². The molecule has 2 fully saturated rings. The molecule has 1 aromatic carbocycles. The zero-order valence-electron chi connectivity index (χ0n) is 15.0. The quantitative estimate of drug-likeness (QED) is 0.606. The van der Waals surface area contributed by atoms with Crippen LogP contribution in [0.5, 0.6) is 5.75 Å². The van der Waals surface area contributed by atoms with Gasteiger partial charge in [0.15, 0.2) is 0 Å². The minimum Gasteiger partial charge on any atom is -0.492 e. The molecule has 1 aromatic rings. The lowest BCUT2D eigenvalue weighted by Gasteiger charge is -2.19. The van der Waals surface area contributed by atoms with Gasteiger partial charge in [-0.15, -0.1) is 12.4 Å². The summed E-state index contributed by atoms with van der Waals surface area (Å²) >= 11 is 0. The normalized spacial score (nSPS) is 17.6. The van der Waals surface area contributed by atoms with Crippen molar-refractivity contribution in [1.29, 1.82) is 0 Å². The second kappa shape index (κ2) is 9.05. The fraction of sp³-hybridized carbons (Fsp3) is 0.500. The SMILES string of the molecule is Cl.NCCOc1ccc(NC(=O)CCN2C(=O)NC3(CCCC3)C2=O)cc1. The summed E-state index contributed by atoms with van der Waals surface area (Å²) < 4.78 is 5.37. The number of nitrogens with two attached hydrogens (primary N) is 1. The Morgan fingerprint density at radius 2 is 1.89 bits per heavy atom. The molecule has 1 heterocycles. The summed E-state index contributed by atoms with van der Waals surface area (Å²) in [5.41, 5.74) is 5.27. The maximum Gasteiger partial charge on any atom is 0.325 e. The van der Waals surface area contributed by atoms with Crippen LogP contribution in [0.4, 0.5) is 10.5 Å². The van der Waals surface area contributed by atoms with Gasteiger partial charge in [-0.2, -0.15) is 0 Å². The number of hydrogen-bond acceptors (Lipinski definition) is 5. The van der Waals surface area contributed by atoms with Crippen LogP contribution in [0, 0.1) is 0 Å².